The van der Waals surface area contributed by atoms with Gasteiger partial charge in [0, 0.05) is 10.9 Å². The van der Waals surface area contributed by atoms with Gasteiger partial charge in [-0.25, -0.2) is 4.39 Å². The van der Waals surface area contributed by atoms with Gasteiger partial charge in [0.25, 0.3) is 0 Å². The Morgan fingerprint density at radius 3 is 2.25 bits per heavy atom. The van der Waals surface area contributed by atoms with E-state index in [1.54, 1.807) is 0 Å². The zero-order valence-electron chi connectivity index (χ0n) is 5.75. The van der Waals surface area contributed by atoms with E-state index in [9.17, 15) is 17.6 Å². The van der Waals surface area contributed by atoms with Crippen molar-refractivity contribution in [3.63, 3.8) is 0 Å². The fourth-order valence-corrected chi connectivity index (χ4v) is 1.46. The fraction of sp³-hybridized carbons (Fsp3) is 0.286. The van der Waals surface area contributed by atoms with Crippen molar-refractivity contribution < 1.29 is 17.6 Å². The van der Waals surface area contributed by atoms with E-state index in [1.807, 2.05) is 0 Å². The summed E-state index contributed by atoms with van der Waals surface area (Å²) < 4.78 is 48.6. The molecule has 0 fully saturated rings. The third kappa shape index (κ3) is 1.88. The maximum Gasteiger partial charge on any atom is 0.419 e. The summed E-state index contributed by atoms with van der Waals surface area (Å²) in [7, 11) is 0. The van der Waals surface area contributed by atoms with Crippen LogP contribution in [0, 0.1) is 6.42 Å². The minimum Gasteiger partial charge on any atom is -0.207 e. The highest BCUT2D eigenvalue weighted by Gasteiger charge is 2.39. The van der Waals surface area contributed by atoms with Crippen molar-refractivity contribution in [1.29, 1.82) is 0 Å². The molecular formula is C7H4BrF4. The van der Waals surface area contributed by atoms with Gasteiger partial charge in [-0.15, -0.1) is 0 Å². The minimum absolute atomic E-state index is 0.187. The molecule has 0 bridgehead atoms. The lowest BCUT2D eigenvalue weighted by molar-refractivity contribution is -0.0914. The van der Waals surface area contributed by atoms with Gasteiger partial charge in [0.2, 0.25) is 0 Å². The largest absolute Gasteiger partial charge is 0.419 e. The van der Waals surface area contributed by atoms with Gasteiger partial charge in [0.05, 0.1) is 0 Å². The molecule has 0 spiro atoms. The van der Waals surface area contributed by atoms with Gasteiger partial charge in [-0.3, -0.25) is 0 Å². The summed E-state index contributed by atoms with van der Waals surface area (Å²) in [5.74, 6) is -1.21. The van der Waals surface area contributed by atoms with Crippen LogP contribution < -0.4 is 0 Å². The molecule has 0 aromatic rings. The average molecular weight is 244 g/mol. The predicted octanol–water partition coefficient (Wildman–Crippen LogP) is 3.66. The number of rotatable bonds is 0. The number of hydrogen-bond acceptors (Lipinski definition) is 0. The zero-order valence-corrected chi connectivity index (χ0v) is 7.34. The first-order chi connectivity index (χ1) is 5.43. The molecule has 0 aliphatic heterocycles. The highest BCUT2D eigenvalue weighted by Crippen LogP contribution is 2.40. The highest BCUT2D eigenvalue weighted by molar-refractivity contribution is 9.11. The van der Waals surface area contributed by atoms with Crippen molar-refractivity contribution in [2.45, 2.75) is 12.6 Å². The molecule has 0 saturated carbocycles. The van der Waals surface area contributed by atoms with Gasteiger partial charge in [-0.2, -0.15) is 13.2 Å². The Balaban J connectivity index is 3.07. The number of halogens is 5. The summed E-state index contributed by atoms with van der Waals surface area (Å²) in [6.45, 7) is 0. The van der Waals surface area contributed by atoms with E-state index < -0.39 is 17.6 Å². The summed E-state index contributed by atoms with van der Waals surface area (Å²) in [6.07, 6.45) is -2.28. The quantitative estimate of drug-likeness (QED) is 0.570. The van der Waals surface area contributed by atoms with E-state index in [-0.39, 0.29) is 10.9 Å². The van der Waals surface area contributed by atoms with Crippen LogP contribution in [0.25, 0.3) is 0 Å². The van der Waals surface area contributed by atoms with E-state index in [2.05, 4.69) is 15.9 Å². The SMILES string of the molecule is FC1=CC[CH]C(Br)=C1C(F)(F)F. The van der Waals surface area contributed by atoms with E-state index in [1.165, 1.54) is 6.42 Å². The van der Waals surface area contributed by atoms with Gasteiger partial charge >= 0.3 is 6.18 Å². The van der Waals surface area contributed by atoms with Crippen LogP contribution in [0.5, 0.6) is 0 Å². The molecule has 0 amide bonds. The van der Waals surface area contributed by atoms with Crippen LogP contribution in [0.15, 0.2) is 22.0 Å². The van der Waals surface area contributed by atoms with Gasteiger partial charge in [0.15, 0.2) is 0 Å². The lowest BCUT2D eigenvalue weighted by Gasteiger charge is -2.15. The Kier molecular flexibility index (Phi) is 2.61. The molecule has 0 atom stereocenters. The summed E-state index contributed by atoms with van der Waals surface area (Å²) in [6, 6.07) is 0. The molecule has 1 rings (SSSR count). The van der Waals surface area contributed by atoms with Gasteiger partial charge < -0.3 is 0 Å². The molecule has 12 heavy (non-hydrogen) atoms. The Hall–Kier alpha value is -0.320. The van der Waals surface area contributed by atoms with Crippen LogP contribution in [0.3, 0.4) is 0 Å². The first-order valence-corrected chi connectivity index (χ1v) is 3.88. The van der Waals surface area contributed by atoms with Crippen LogP contribution >= 0.6 is 15.9 Å². The Labute approximate surface area is 75.1 Å². The van der Waals surface area contributed by atoms with Gasteiger partial charge in [-0.1, -0.05) is 15.9 Å². The molecule has 0 unspecified atom stereocenters. The van der Waals surface area contributed by atoms with Crippen LogP contribution in [0.2, 0.25) is 0 Å². The van der Waals surface area contributed by atoms with Crippen LogP contribution in [0.4, 0.5) is 17.6 Å². The number of hydrogen-bond donors (Lipinski definition) is 0. The maximum atomic E-state index is 12.6. The zero-order chi connectivity index (χ0) is 9.35. The van der Waals surface area contributed by atoms with Crippen molar-refractivity contribution in [2.24, 2.45) is 0 Å². The van der Waals surface area contributed by atoms with E-state index >= 15 is 0 Å². The smallest absolute Gasteiger partial charge is 0.207 e. The number of allylic oxidation sites excluding steroid dienone is 4. The molecule has 0 aromatic carbocycles. The second kappa shape index (κ2) is 3.20. The molecular weight excluding hydrogens is 240 g/mol. The number of alkyl halides is 3. The lowest BCUT2D eigenvalue weighted by Crippen LogP contribution is -2.15. The van der Waals surface area contributed by atoms with Crippen molar-refractivity contribution in [3.05, 3.63) is 28.4 Å². The molecule has 67 valence electrons. The van der Waals surface area contributed by atoms with Crippen LogP contribution in [-0.2, 0) is 0 Å². The standard InChI is InChI=1S/C7H4BrF4/c8-4-2-1-3-5(9)6(4)7(10,11)12/h2-3H,1H2. The second-order valence-electron chi connectivity index (χ2n) is 2.21. The topological polar surface area (TPSA) is 0 Å². The predicted molar refractivity (Wildman–Crippen MR) is 40.1 cm³/mol. The minimum atomic E-state index is -4.63. The van der Waals surface area contributed by atoms with E-state index in [4.69, 9.17) is 0 Å². The monoisotopic (exact) mass is 243 g/mol. The van der Waals surface area contributed by atoms with Crippen molar-refractivity contribution in [1.82, 2.24) is 0 Å². The Morgan fingerprint density at radius 1 is 1.33 bits per heavy atom. The third-order valence-electron chi connectivity index (χ3n) is 1.36. The van der Waals surface area contributed by atoms with Gasteiger partial charge in [-0.05, 0) is 12.5 Å². The van der Waals surface area contributed by atoms with Crippen LogP contribution in [0.1, 0.15) is 6.42 Å². The normalized spacial score (nSPS) is 19.6. The average Bonchev–Trinajstić information content (AvgIpc) is 1.82. The summed E-state index contributed by atoms with van der Waals surface area (Å²) in [5.41, 5.74) is -1.23. The molecule has 0 N–H and O–H groups in total. The lowest BCUT2D eigenvalue weighted by atomic mass is 10.1. The van der Waals surface area contributed by atoms with Crippen molar-refractivity contribution >= 4 is 15.9 Å². The Morgan fingerprint density at radius 2 is 1.92 bits per heavy atom. The molecule has 0 saturated heterocycles. The summed E-state index contributed by atoms with van der Waals surface area (Å²) >= 11 is 2.65. The highest BCUT2D eigenvalue weighted by atomic mass is 79.9. The summed E-state index contributed by atoms with van der Waals surface area (Å²) in [4.78, 5) is 0. The first-order valence-electron chi connectivity index (χ1n) is 3.09. The molecule has 1 aliphatic carbocycles. The third-order valence-corrected chi connectivity index (χ3v) is 2.08. The van der Waals surface area contributed by atoms with Gasteiger partial charge in [0.1, 0.15) is 11.4 Å². The van der Waals surface area contributed by atoms with Crippen molar-refractivity contribution in [3.8, 4) is 0 Å². The van der Waals surface area contributed by atoms with Crippen molar-refractivity contribution in [2.75, 3.05) is 0 Å². The van der Waals surface area contributed by atoms with E-state index in [0.29, 0.717) is 0 Å². The van der Waals surface area contributed by atoms with Crippen LogP contribution in [-0.4, -0.2) is 6.18 Å². The molecule has 5 heteroatoms. The van der Waals surface area contributed by atoms with E-state index in [0.717, 1.165) is 6.08 Å². The fourth-order valence-electron chi connectivity index (χ4n) is 0.855. The molecule has 1 aliphatic rings. The summed E-state index contributed by atoms with van der Waals surface area (Å²) in [5, 5.41) is 0. The molecule has 1 radical (unpaired) electrons. The second-order valence-corrected chi connectivity index (χ2v) is 3.07. The first kappa shape index (κ1) is 9.77. The molecule has 0 heterocycles. The Bertz CT molecular complexity index is 249. The molecule has 0 aromatic heterocycles. The molecule has 0 nitrogen and oxygen atoms in total. The maximum absolute atomic E-state index is 12.6.